The Labute approximate surface area is 99.1 Å². The van der Waals surface area contributed by atoms with E-state index in [0.717, 1.165) is 25.9 Å². The summed E-state index contributed by atoms with van der Waals surface area (Å²) < 4.78 is 6.36. The molecule has 2 nitrogen and oxygen atoms in total. The lowest BCUT2D eigenvalue weighted by atomic mass is 10.0. The van der Waals surface area contributed by atoms with Gasteiger partial charge in [0.05, 0.1) is 6.61 Å². The molecular formula is C12H16BrNO. The van der Waals surface area contributed by atoms with Gasteiger partial charge in [-0.2, -0.15) is 0 Å². The van der Waals surface area contributed by atoms with Gasteiger partial charge in [0.15, 0.2) is 0 Å². The van der Waals surface area contributed by atoms with Gasteiger partial charge in [0.2, 0.25) is 0 Å². The van der Waals surface area contributed by atoms with E-state index in [1.165, 1.54) is 21.2 Å². The number of rotatable bonds is 2. The summed E-state index contributed by atoms with van der Waals surface area (Å²) in [5.41, 5.74) is 4.18. The molecule has 1 aliphatic heterocycles. The number of halogens is 1. The second-order valence-corrected chi connectivity index (χ2v) is 4.75. The van der Waals surface area contributed by atoms with E-state index in [1.807, 2.05) is 0 Å². The smallest absolute Gasteiger partial charge is 0.0724 e. The van der Waals surface area contributed by atoms with Gasteiger partial charge < -0.3 is 10.1 Å². The highest BCUT2D eigenvalue weighted by Gasteiger charge is 2.10. The van der Waals surface area contributed by atoms with Crippen molar-refractivity contribution in [1.82, 2.24) is 5.32 Å². The minimum absolute atomic E-state index is 0.682. The lowest BCUT2D eigenvalue weighted by Crippen LogP contribution is -2.16. The maximum absolute atomic E-state index is 5.19. The van der Waals surface area contributed by atoms with Crippen molar-refractivity contribution in [3.05, 3.63) is 33.3 Å². The fourth-order valence-electron chi connectivity index (χ4n) is 2.01. The molecule has 1 aliphatic rings. The predicted molar refractivity (Wildman–Crippen MR) is 65.1 cm³/mol. The number of benzene rings is 1. The molecule has 0 spiro atoms. The molecule has 1 N–H and O–H groups in total. The zero-order valence-electron chi connectivity index (χ0n) is 8.98. The maximum atomic E-state index is 5.19. The Kier molecular flexibility index (Phi) is 3.78. The van der Waals surface area contributed by atoms with Crippen LogP contribution < -0.4 is 5.32 Å². The average molecular weight is 270 g/mol. The fraction of sp³-hybridized carbons (Fsp3) is 0.500. The molecule has 0 radical (unpaired) electrons. The molecule has 0 amide bonds. The van der Waals surface area contributed by atoms with E-state index in [2.05, 4.69) is 33.4 Å². The molecule has 0 unspecified atom stereocenters. The molecule has 15 heavy (non-hydrogen) atoms. The quantitative estimate of drug-likeness (QED) is 0.890. The first-order valence-electron chi connectivity index (χ1n) is 5.31. The first kappa shape index (κ1) is 11.1. The SMILES string of the molecule is COCc1cc2c(cc1Br)CCNCC2. The zero-order chi connectivity index (χ0) is 10.7. The van der Waals surface area contributed by atoms with Gasteiger partial charge in [-0.25, -0.2) is 0 Å². The van der Waals surface area contributed by atoms with Crippen LogP contribution in [0.25, 0.3) is 0 Å². The average Bonchev–Trinajstić information content (AvgIpc) is 2.44. The molecule has 0 bridgehead atoms. The molecule has 1 aromatic carbocycles. The summed E-state index contributed by atoms with van der Waals surface area (Å²) in [7, 11) is 1.74. The molecular weight excluding hydrogens is 254 g/mol. The van der Waals surface area contributed by atoms with Crippen molar-refractivity contribution in [2.24, 2.45) is 0 Å². The first-order valence-corrected chi connectivity index (χ1v) is 6.10. The Bertz CT molecular complexity index is 352. The van der Waals surface area contributed by atoms with E-state index in [-0.39, 0.29) is 0 Å². The molecule has 82 valence electrons. The Morgan fingerprint density at radius 3 is 2.60 bits per heavy atom. The van der Waals surface area contributed by atoms with Crippen LogP contribution in [0.4, 0.5) is 0 Å². The van der Waals surface area contributed by atoms with Gasteiger partial charge in [-0.1, -0.05) is 22.0 Å². The summed E-state index contributed by atoms with van der Waals surface area (Å²) in [5, 5.41) is 3.42. The van der Waals surface area contributed by atoms with E-state index in [0.29, 0.717) is 6.61 Å². The molecule has 0 saturated carbocycles. The second kappa shape index (κ2) is 5.10. The summed E-state index contributed by atoms with van der Waals surface area (Å²) >= 11 is 3.60. The van der Waals surface area contributed by atoms with Crippen LogP contribution in [0.15, 0.2) is 16.6 Å². The van der Waals surface area contributed by atoms with Crippen LogP contribution in [0.2, 0.25) is 0 Å². The number of methoxy groups -OCH3 is 1. The Morgan fingerprint density at radius 2 is 1.93 bits per heavy atom. The molecule has 2 rings (SSSR count). The van der Waals surface area contributed by atoms with E-state index in [1.54, 1.807) is 7.11 Å². The third-order valence-electron chi connectivity index (χ3n) is 2.81. The number of ether oxygens (including phenoxy) is 1. The third-order valence-corrected chi connectivity index (χ3v) is 3.55. The summed E-state index contributed by atoms with van der Waals surface area (Å²) in [6.07, 6.45) is 2.25. The fourth-order valence-corrected chi connectivity index (χ4v) is 2.52. The molecule has 0 saturated heterocycles. The Balaban J connectivity index is 2.33. The maximum Gasteiger partial charge on any atom is 0.0724 e. The van der Waals surface area contributed by atoms with Crippen LogP contribution in [0.5, 0.6) is 0 Å². The van der Waals surface area contributed by atoms with Crippen molar-refractivity contribution in [2.75, 3.05) is 20.2 Å². The second-order valence-electron chi connectivity index (χ2n) is 3.90. The predicted octanol–water partition coefficient (Wildman–Crippen LogP) is 2.28. The molecule has 0 fully saturated rings. The third kappa shape index (κ3) is 2.60. The highest BCUT2D eigenvalue weighted by molar-refractivity contribution is 9.10. The zero-order valence-corrected chi connectivity index (χ0v) is 10.6. The standard InChI is InChI=1S/C12H16BrNO/c1-15-8-11-6-9-2-4-14-5-3-10(9)7-12(11)13/h6-7,14H,2-5,8H2,1H3. The molecule has 0 atom stereocenters. The summed E-state index contributed by atoms with van der Waals surface area (Å²) in [6, 6.07) is 4.52. The minimum Gasteiger partial charge on any atom is -0.380 e. The van der Waals surface area contributed by atoms with Crippen molar-refractivity contribution >= 4 is 15.9 Å². The highest BCUT2D eigenvalue weighted by atomic mass is 79.9. The van der Waals surface area contributed by atoms with Gasteiger partial charge in [0, 0.05) is 11.6 Å². The van der Waals surface area contributed by atoms with Gasteiger partial charge >= 0.3 is 0 Å². The van der Waals surface area contributed by atoms with Gasteiger partial charge in [0.25, 0.3) is 0 Å². The largest absolute Gasteiger partial charge is 0.380 e. The lowest BCUT2D eigenvalue weighted by molar-refractivity contribution is 0.184. The Morgan fingerprint density at radius 1 is 1.27 bits per heavy atom. The van der Waals surface area contributed by atoms with Crippen molar-refractivity contribution in [3.63, 3.8) is 0 Å². The molecule has 0 aromatic heterocycles. The van der Waals surface area contributed by atoms with Crippen LogP contribution in [-0.2, 0) is 24.2 Å². The number of hydrogen-bond acceptors (Lipinski definition) is 2. The van der Waals surface area contributed by atoms with E-state index < -0.39 is 0 Å². The van der Waals surface area contributed by atoms with Gasteiger partial charge in [0.1, 0.15) is 0 Å². The molecule has 3 heteroatoms. The number of nitrogens with one attached hydrogen (secondary N) is 1. The van der Waals surface area contributed by atoms with Crippen molar-refractivity contribution in [2.45, 2.75) is 19.4 Å². The van der Waals surface area contributed by atoms with E-state index >= 15 is 0 Å². The van der Waals surface area contributed by atoms with Crippen molar-refractivity contribution in [3.8, 4) is 0 Å². The van der Waals surface area contributed by atoms with Gasteiger partial charge in [-0.05, 0) is 48.7 Å². The summed E-state index contributed by atoms with van der Waals surface area (Å²) in [4.78, 5) is 0. The number of hydrogen-bond donors (Lipinski definition) is 1. The lowest BCUT2D eigenvalue weighted by Gasteiger charge is -2.10. The molecule has 0 aliphatic carbocycles. The van der Waals surface area contributed by atoms with Crippen LogP contribution >= 0.6 is 15.9 Å². The molecule has 1 heterocycles. The van der Waals surface area contributed by atoms with Crippen molar-refractivity contribution in [1.29, 1.82) is 0 Å². The summed E-state index contributed by atoms with van der Waals surface area (Å²) in [5.74, 6) is 0. The molecule has 1 aromatic rings. The monoisotopic (exact) mass is 269 g/mol. The number of fused-ring (bicyclic) bond motifs is 1. The van der Waals surface area contributed by atoms with E-state index in [4.69, 9.17) is 4.74 Å². The Hall–Kier alpha value is -0.380. The van der Waals surface area contributed by atoms with Gasteiger partial charge in [-0.15, -0.1) is 0 Å². The first-order chi connectivity index (χ1) is 7.31. The van der Waals surface area contributed by atoms with Crippen LogP contribution in [0, 0.1) is 0 Å². The minimum atomic E-state index is 0.682. The topological polar surface area (TPSA) is 21.3 Å². The van der Waals surface area contributed by atoms with Crippen LogP contribution in [-0.4, -0.2) is 20.2 Å². The van der Waals surface area contributed by atoms with Crippen LogP contribution in [0.3, 0.4) is 0 Å². The van der Waals surface area contributed by atoms with Gasteiger partial charge in [-0.3, -0.25) is 0 Å². The van der Waals surface area contributed by atoms with E-state index in [9.17, 15) is 0 Å². The summed E-state index contributed by atoms with van der Waals surface area (Å²) in [6.45, 7) is 2.85. The van der Waals surface area contributed by atoms with Crippen molar-refractivity contribution < 1.29 is 4.74 Å². The normalized spacial score (nSPS) is 15.9. The highest BCUT2D eigenvalue weighted by Crippen LogP contribution is 2.24. The van der Waals surface area contributed by atoms with Crippen LogP contribution in [0.1, 0.15) is 16.7 Å².